The number of nitrogens with one attached hydrogen (secondary N) is 3. The summed E-state index contributed by atoms with van der Waals surface area (Å²) in [5, 5.41) is 46.0. The summed E-state index contributed by atoms with van der Waals surface area (Å²) in [6.45, 7) is 3.97. The van der Waals surface area contributed by atoms with E-state index in [4.69, 9.17) is 10.4 Å². The van der Waals surface area contributed by atoms with Crippen LogP contribution in [0.5, 0.6) is 5.75 Å². The Kier molecular flexibility index (Phi) is 11.6. The van der Waals surface area contributed by atoms with Crippen LogP contribution in [0.2, 0.25) is 0 Å². The predicted octanol–water partition coefficient (Wildman–Crippen LogP) is 4.71. The lowest BCUT2D eigenvalue weighted by Crippen LogP contribution is -2.44. The van der Waals surface area contributed by atoms with Crippen molar-refractivity contribution in [2.75, 3.05) is 10.6 Å². The third-order valence-electron chi connectivity index (χ3n) is 6.60. The Morgan fingerprint density at radius 3 is 1.93 bits per heavy atom. The number of aryl methyl sites for hydroxylation is 1. The minimum atomic E-state index is -1.16. The van der Waals surface area contributed by atoms with Gasteiger partial charge >= 0.3 is 11.9 Å². The van der Waals surface area contributed by atoms with Crippen LogP contribution in [-0.4, -0.2) is 45.2 Å². The number of rotatable bonds is 13. The molecular weight excluding hydrogens is 550 g/mol. The molecule has 2 unspecified atom stereocenters. The van der Waals surface area contributed by atoms with Crippen molar-refractivity contribution >= 4 is 35.2 Å². The summed E-state index contributed by atoms with van der Waals surface area (Å²) in [5.74, 6) is -2.63. The van der Waals surface area contributed by atoms with Gasteiger partial charge in [-0.1, -0.05) is 50.2 Å². The molecule has 1 amide bonds. The topological polar surface area (TPSA) is 184 Å². The van der Waals surface area contributed by atoms with Crippen LogP contribution >= 0.6 is 0 Å². The van der Waals surface area contributed by atoms with Crippen molar-refractivity contribution in [3.8, 4) is 11.9 Å². The molecular formula is C32H35N5O6. The monoisotopic (exact) mass is 585 g/mol. The minimum absolute atomic E-state index is 0.00670. The Hall–Kier alpha value is -5.37. The van der Waals surface area contributed by atoms with E-state index < -0.39 is 29.8 Å². The number of carboxylic acid groups (broad SMARTS) is 2. The second kappa shape index (κ2) is 15.6. The third-order valence-corrected chi connectivity index (χ3v) is 6.60. The van der Waals surface area contributed by atoms with Crippen LogP contribution in [0.3, 0.4) is 0 Å². The standard InChI is InChI=1S/C32H35N5O6/c1-20(2)17-27(30(41)37-28(31(42)43)18-22-5-3-21(4-6-22)7-16-29(39)40)23-8-10-24(11-9-23)35-32(34-19-33)36-25-12-14-26(38)15-13-25/h3-6,8-15,20,27-28,38H,7,16-18H2,1-2H3,(H,37,41)(H,39,40)(H,42,43)(H2,34,35,36). The van der Waals surface area contributed by atoms with E-state index >= 15 is 0 Å². The molecule has 0 aromatic heterocycles. The molecule has 6 N–H and O–H groups in total. The molecule has 3 rings (SSSR count). The molecule has 43 heavy (non-hydrogen) atoms. The maximum Gasteiger partial charge on any atom is 0.326 e. The summed E-state index contributed by atoms with van der Waals surface area (Å²) in [6.07, 6.45) is 2.69. The molecule has 0 aliphatic carbocycles. The number of hydrogen-bond donors (Lipinski definition) is 6. The zero-order valence-corrected chi connectivity index (χ0v) is 23.9. The van der Waals surface area contributed by atoms with Gasteiger partial charge in [0.1, 0.15) is 11.8 Å². The molecule has 0 radical (unpaired) electrons. The van der Waals surface area contributed by atoms with Gasteiger partial charge in [-0.25, -0.2) is 4.79 Å². The number of carboxylic acids is 2. The number of phenolic OH excluding ortho intramolecular Hbond substituents is 1. The van der Waals surface area contributed by atoms with E-state index in [1.54, 1.807) is 66.9 Å². The summed E-state index contributed by atoms with van der Waals surface area (Å²) >= 11 is 0. The van der Waals surface area contributed by atoms with Crippen LogP contribution in [0, 0.1) is 17.4 Å². The van der Waals surface area contributed by atoms with E-state index in [0.29, 0.717) is 35.3 Å². The van der Waals surface area contributed by atoms with Gasteiger partial charge < -0.3 is 31.3 Å². The van der Waals surface area contributed by atoms with Crippen molar-refractivity contribution in [1.82, 2.24) is 5.32 Å². The molecule has 3 aromatic carbocycles. The van der Waals surface area contributed by atoms with E-state index in [9.17, 15) is 24.6 Å². The zero-order chi connectivity index (χ0) is 31.4. The molecule has 0 saturated heterocycles. The van der Waals surface area contributed by atoms with Crippen LogP contribution in [-0.2, 0) is 27.2 Å². The number of carbonyl (C=O) groups is 3. The van der Waals surface area contributed by atoms with Crippen molar-refractivity contribution < 1.29 is 29.7 Å². The van der Waals surface area contributed by atoms with Crippen LogP contribution in [0.25, 0.3) is 0 Å². The SMILES string of the molecule is CC(C)CC(C(=O)NC(Cc1ccc(CCC(=O)O)cc1)C(=O)O)c1ccc(NC(=NC#N)Nc2ccc(O)cc2)cc1. The maximum absolute atomic E-state index is 13.4. The average Bonchev–Trinajstić information content (AvgIpc) is 2.96. The summed E-state index contributed by atoms with van der Waals surface area (Å²) in [7, 11) is 0. The Morgan fingerprint density at radius 1 is 0.860 bits per heavy atom. The van der Waals surface area contributed by atoms with Gasteiger partial charge in [0.25, 0.3) is 0 Å². The molecule has 0 bridgehead atoms. The molecule has 0 aliphatic rings. The highest BCUT2D eigenvalue weighted by Crippen LogP contribution is 2.26. The molecule has 0 aliphatic heterocycles. The molecule has 11 nitrogen and oxygen atoms in total. The van der Waals surface area contributed by atoms with E-state index in [1.807, 2.05) is 13.8 Å². The number of benzene rings is 3. The van der Waals surface area contributed by atoms with Crippen LogP contribution in [0.1, 0.15) is 49.3 Å². The summed E-state index contributed by atoms with van der Waals surface area (Å²) in [6, 6.07) is 19.1. The van der Waals surface area contributed by atoms with Gasteiger partial charge in [-0.15, -0.1) is 4.99 Å². The van der Waals surface area contributed by atoms with Gasteiger partial charge in [-0.2, -0.15) is 5.26 Å². The smallest absolute Gasteiger partial charge is 0.326 e. The van der Waals surface area contributed by atoms with E-state index in [1.165, 1.54) is 12.1 Å². The fourth-order valence-electron chi connectivity index (χ4n) is 4.42. The fourth-order valence-corrected chi connectivity index (χ4v) is 4.42. The first-order valence-electron chi connectivity index (χ1n) is 13.8. The summed E-state index contributed by atoms with van der Waals surface area (Å²) < 4.78 is 0. The highest BCUT2D eigenvalue weighted by molar-refractivity contribution is 6.04. The van der Waals surface area contributed by atoms with Crippen LogP contribution in [0.4, 0.5) is 11.4 Å². The maximum atomic E-state index is 13.4. The first kappa shape index (κ1) is 32.1. The first-order valence-corrected chi connectivity index (χ1v) is 13.8. The van der Waals surface area contributed by atoms with E-state index in [2.05, 4.69) is 20.9 Å². The zero-order valence-electron chi connectivity index (χ0n) is 23.9. The lowest BCUT2D eigenvalue weighted by molar-refractivity contribution is -0.142. The predicted molar refractivity (Wildman–Crippen MR) is 163 cm³/mol. The number of aromatic hydroxyl groups is 1. The Balaban J connectivity index is 1.71. The molecule has 0 heterocycles. The molecule has 0 fully saturated rings. The summed E-state index contributed by atoms with van der Waals surface area (Å²) in [5.41, 5.74) is 3.45. The number of phenols is 1. The van der Waals surface area contributed by atoms with Crippen LogP contribution < -0.4 is 16.0 Å². The van der Waals surface area contributed by atoms with Crippen molar-refractivity contribution in [3.05, 3.63) is 89.5 Å². The second-order valence-electron chi connectivity index (χ2n) is 10.5. The van der Waals surface area contributed by atoms with Crippen molar-refractivity contribution in [2.24, 2.45) is 10.9 Å². The van der Waals surface area contributed by atoms with E-state index in [-0.39, 0.29) is 30.5 Å². The largest absolute Gasteiger partial charge is 0.508 e. The van der Waals surface area contributed by atoms with Gasteiger partial charge in [0.05, 0.1) is 5.92 Å². The van der Waals surface area contributed by atoms with Gasteiger partial charge in [-0.05, 0) is 71.8 Å². The Bertz CT molecular complexity index is 1460. The Labute approximate surface area is 249 Å². The lowest BCUT2D eigenvalue weighted by Gasteiger charge is -2.23. The second-order valence-corrected chi connectivity index (χ2v) is 10.5. The number of nitriles is 1. The number of nitrogens with zero attached hydrogens (tertiary/aromatic N) is 2. The Morgan fingerprint density at radius 2 is 1.42 bits per heavy atom. The molecule has 0 spiro atoms. The molecule has 3 aromatic rings. The number of anilines is 2. The highest BCUT2D eigenvalue weighted by Gasteiger charge is 2.27. The minimum Gasteiger partial charge on any atom is -0.508 e. The summed E-state index contributed by atoms with van der Waals surface area (Å²) in [4.78, 5) is 40.1. The van der Waals surface area contributed by atoms with Gasteiger partial charge in [0.2, 0.25) is 18.1 Å². The molecule has 224 valence electrons. The number of aliphatic carboxylic acids is 2. The van der Waals surface area contributed by atoms with Crippen LogP contribution in [0.15, 0.2) is 77.8 Å². The molecule has 2 atom stereocenters. The normalized spacial score (nSPS) is 12.6. The number of hydrogen-bond acceptors (Lipinski definition) is 6. The van der Waals surface area contributed by atoms with Gasteiger partial charge in [0, 0.05) is 24.2 Å². The highest BCUT2D eigenvalue weighted by atomic mass is 16.4. The molecule has 0 saturated carbocycles. The van der Waals surface area contributed by atoms with Crippen molar-refractivity contribution in [1.29, 1.82) is 5.26 Å². The number of guanidine groups is 1. The number of amides is 1. The van der Waals surface area contributed by atoms with Crippen molar-refractivity contribution in [3.63, 3.8) is 0 Å². The average molecular weight is 586 g/mol. The van der Waals surface area contributed by atoms with Gasteiger partial charge in [0.15, 0.2) is 0 Å². The first-order chi connectivity index (χ1) is 20.5. The number of carbonyl (C=O) groups excluding carboxylic acids is 1. The van der Waals surface area contributed by atoms with Gasteiger partial charge in [-0.3, -0.25) is 9.59 Å². The van der Waals surface area contributed by atoms with E-state index in [0.717, 1.165) is 5.56 Å². The third kappa shape index (κ3) is 10.5. The molecule has 11 heteroatoms. The van der Waals surface area contributed by atoms with Crippen molar-refractivity contribution in [2.45, 2.75) is 51.5 Å². The quantitative estimate of drug-likeness (QED) is 0.0715. The fraction of sp³-hybridized carbons (Fsp3) is 0.281. The lowest BCUT2D eigenvalue weighted by atomic mass is 9.89. The number of aliphatic imine (C=N–C) groups is 1.